The molecule has 2 aliphatic rings. The van der Waals surface area contributed by atoms with Crippen LogP contribution >= 0.6 is 23.1 Å². The molecule has 3 heterocycles. The van der Waals surface area contributed by atoms with Gasteiger partial charge in [-0.25, -0.2) is 0 Å². The molecule has 0 saturated carbocycles. The van der Waals surface area contributed by atoms with Gasteiger partial charge in [0.2, 0.25) is 5.91 Å². The third-order valence-corrected chi connectivity index (χ3v) is 5.62. The summed E-state index contributed by atoms with van der Waals surface area (Å²) in [5, 5.41) is 11.2. The van der Waals surface area contributed by atoms with Crippen LogP contribution < -0.4 is 10.6 Å². The van der Waals surface area contributed by atoms with Crippen molar-refractivity contribution in [2.24, 2.45) is 5.92 Å². The Kier molecular flexibility index (Phi) is 4.99. The first kappa shape index (κ1) is 14.4. The van der Waals surface area contributed by atoms with Crippen molar-refractivity contribution in [2.75, 3.05) is 31.3 Å². The number of nitrogens with zero attached hydrogens (tertiary/aromatic N) is 1. The first-order valence-electron chi connectivity index (χ1n) is 7.14. The summed E-state index contributed by atoms with van der Waals surface area (Å²) in [5.41, 5.74) is 1.35. The maximum Gasteiger partial charge on any atom is 0.240 e. The molecule has 2 aliphatic heterocycles. The monoisotopic (exact) mass is 311 g/mol. The number of amides is 1. The van der Waals surface area contributed by atoms with E-state index in [1.54, 1.807) is 11.3 Å². The van der Waals surface area contributed by atoms with Crippen LogP contribution in [-0.2, 0) is 11.3 Å². The van der Waals surface area contributed by atoms with Crippen LogP contribution in [0, 0.1) is 5.92 Å². The van der Waals surface area contributed by atoms with Gasteiger partial charge in [-0.15, -0.1) is 11.8 Å². The highest BCUT2D eigenvalue weighted by Gasteiger charge is 2.32. The van der Waals surface area contributed by atoms with E-state index in [4.69, 9.17) is 0 Å². The Balaban J connectivity index is 1.39. The lowest BCUT2D eigenvalue weighted by atomic mass is 10.0. The summed E-state index contributed by atoms with van der Waals surface area (Å²) in [5.74, 6) is 2.83. The summed E-state index contributed by atoms with van der Waals surface area (Å²) in [6.45, 7) is 3.79. The molecule has 2 unspecified atom stereocenters. The van der Waals surface area contributed by atoms with Crippen molar-refractivity contribution in [1.82, 2.24) is 15.5 Å². The van der Waals surface area contributed by atoms with Gasteiger partial charge in [-0.05, 0) is 47.8 Å². The second kappa shape index (κ2) is 6.93. The van der Waals surface area contributed by atoms with E-state index in [0.717, 1.165) is 44.2 Å². The molecule has 0 spiro atoms. The zero-order valence-corrected chi connectivity index (χ0v) is 13.1. The Morgan fingerprint density at radius 1 is 1.55 bits per heavy atom. The Morgan fingerprint density at radius 3 is 3.25 bits per heavy atom. The van der Waals surface area contributed by atoms with Crippen LogP contribution in [0.25, 0.3) is 0 Å². The molecule has 2 saturated heterocycles. The molecule has 110 valence electrons. The van der Waals surface area contributed by atoms with E-state index in [2.05, 4.69) is 27.5 Å². The zero-order valence-electron chi connectivity index (χ0n) is 11.5. The van der Waals surface area contributed by atoms with Crippen molar-refractivity contribution < 1.29 is 4.79 Å². The van der Waals surface area contributed by atoms with Crippen LogP contribution in [0.5, 0.6) is 0 Å². The summed E-state index contributed by atoms with van der Waals surface area (Å²) >= 11 is 3.58. The largest absolute Gasteiger partial charge is 0.331 e. The predicted octanol–water partition coefficient (Wildman–Crippen LogP) is 1.35. The van der Waals surface area contributed by atoms with Crippen LogP contribution in [0.15, 0.2) is 16.8 Å². The van der Waals surface area contributed by atoms with Gasteiger partial charge in [-0.2, -0.15) is 11.3 Å². The molecule has 20 heavy (non-hydrogen) atoms. The number of hydrogen-bond acceptors (Lipinski definition) is 5. The van der Waals surface area contributed by atoms with Crippen molar-refractivity contribution in [3.05, 3.63) is 22.4 Å². The van der Waals surface area contributed by atoms with Gasteiger partial charge in [0.05, 0.1) is 11.9 Å². The van der Waals surface area contributed by atoms with Crippen LogP contribution in [0.3, 0.4) is 0 Å². The molecule has 4 nitrogen and oxygen atoms in total. The number of rotatable bonds is 5. The summed E-state index contributed by atoms with van der Waals surface area (Å²) in [4.78, 5) is 14.3. The van der Waals surface area contributed by atoms with Crippen molar-refractivity contribution in [2.45, 2.75) is 19.0 Å². The van der Waals surface area contributed by atoms with E-state index >= 15 is 0 Å². The molecule has 0 aromatic carbocycles. The molecule has 1 amide bonds. The standard InChI is InChI=1S/C14H21N3OS2/c18-14(17-2-4-20-10-17)13-5-12(8-16-13)7-15-6-11-1-3-19-9-11/h1,3,9,12-13,15-16H,2,4-8,10H2. The van der Waals surface area contributed by atoms with Gasteiger partial charge in [0.15, 0.2) is 0 Å². The van der Waals surface area contributed by atoms with Crippen molar-refractivity contribution in [1.29, 1.82) is 0 Å². The van der Waals surface area contributed by atoms with Crippen LogP contribution in [0.1, 0.15) is 12.0 Å². The van der Waals surface area contributed by atoms with Crippen molar-refractivity contribution in [3.8, 4) is 0 Å². The Hall–Kier alpha value is -0.560. The molecule has 0 bridgehead atoms. The SMILES string of the molecule is O=C(C1CC(CNCc2ccsc2)CN1)N1CCSC1. The normalized spacial score (nSPS) is 26.3. The lowest BCUT2D eigenvalue weighted by molar-refractivity contribution is -0.131. The lowest BCUT2D eigenvalue weighted by Crippen LogP contribution is -2.42. The predicted molar refractivity (Wildman–Crippen MR) is 85.0 cm³/mol. The third-order valence-electron chi connectivity index (χ3n) is 3.93. The number of hydrogen-bond donors (Lipinski definition) is 2. The van der Waals surface area contributed by atoms with Crippen LogP contribution in [0.2, 0.25) is 0 Å². The van der Waals surface area contributed by atoms with E-state index in [0.29, 0.717) is 11.8 Å². The molecular formula is C14H21N3OS2. The van der Waals surface area contributed by atoms with Crippen LogP contribution in [0.4, 0.5) is 0 Å². The van der Waals surface area contributed by atoms with Crippen molar-refractivity contribution in [3.63, 3.8) is 0 Å². The quantitative estimate of drug-likeness (QED) is 0.861. The van der Waals surface area contributed by atoms with E-state index in [9.17, 15) is 4.79 Å². The summed E-state index contributed by atoms with van der Waals surface area (Å²) in [6.07, 6.45) is 0.969. The van der Waals surface area contributed by atoms with Gasteiger partial charge in [-0.1, -0.05) is 0 Å². The lowest BCUT2D eigenvalue weighted by Gasteiger charge is -2.19. The number of carbonyl (C=O) groups is 1. The van der Waals surface area contributed by atoms with E-state index in [1.807, 2.05) is 16.7 Å². The van der Waals surface area contributed by atoms with Crippen LogP contribution in [-0.4, -0.2) is 48.1 Å². The molecule has 6 heteroatoms. The minimum Gasteiger partial charge on any atom is -0.331 e. The Labute approximate surface area is 128 Å². The number of thiophene rings is 1. The number of nitrogens with one attached hydrogen (secondary N) is 2. The van der Waals surface area contributed by atoms with Gasteiger partial charge >= 0.3 is 0 Å². The maximum atomic E-state index is 12.3. The third kappa shape index (κ3) is 3.55. The van der Waals surface area contributed by atoms with Gasteiger partial charge in [-0.3, -0.25) is 4.79 Å². The first-order valence-corrected chi connectivity index (χ1v) is 9.24. The highest BCUT2D eigenvalue weighted by molar-refractivity contribution is 7.99. The Morgan fingerprint density at radius 2 is 2.50 bits per heavy atom. The van der Waals surface area contributed by atoms with Gasteiger partial charge in [0.1, 0.15) is 0 Å². The summed E-state index contributed by atoms with van der Waals surface area (Å²) < 4.78 is 0. The van der Waals surface area contributed by atoms with Gasteiger partial charge in [0, 0.05) is 18.8 Å². The maximum absolute atomic E-state index is 12.3. The molecule has 0 aliphatic carbocycles. The molecule has 0 radical (unpaired) electrons. The minimum absolute atomic E-state index is 0.0432. The molecule has 1 aromatic heterocycles. The molecule has 1 aromatic rings. The average Bonchev–Trinajstić information content (AvgIpc) is 3.21. The van der Waals surface area contributed by atoms with Gasteiger partial charge in [0.25, 0.3) is 0 Å². The highest BCUT2D eigenvalue weighted by atomic mass is 32.2. The second-order valence-corrected chi connectivity index (χ2v) is 7.32. The fourth-order valence-electron chi connectivity index (χ4n) is 2.77. The number of thioether (sulfide) groups is 1. The fraction of sp³-hybridized carbons (Fsp3) is 0.643. The van der Waals surface area contributed by atoms with E-state index in [1.165, 1.54) is 5.56 Å². The zero-order chi connectivity index (χ0) is 13.8. The molecule has 2 atom stereocenters. The molecule has 3 rings (SSSR count). The van der Waals surface area contributed by atoms with E-state index in [-0.39, 0.29) is 6.04 Å². The summed E-state index contributed by atoms with van der Waals surface area (Å²) in [6, 6.07) is 2.20. The smallest absolute Gasteiger partial charge is 0.240 e. The summed E-state index contributed by atoms with van der Waals surface area (Å²) in [7, 11) is 0. The van der Waals surface area contributed by atoms with Crippen molar-refractivity contribution >= 4 is 29.0 Å². The first-order chi connectivity index (χ1) is 9.83. The highest BCUT2D eigenvalue weighted by Crippen LogP contribution is 2.20. The van der Waals surface area contributed by atoms with Gasteiger partial charge < -0.3 is 15.5 Å². The molecular weight excluding hydrogens is 290 g/mol. The molecule has 2 fully saturated rings. The number of carbonyl (C=O) groups excluding carboxylic acids is 1. The second-order valence-electron chi connectivity index (χ2n) is 5.46. The minimum atomic E-state index is 0.0432. The topological polar surface area (TPSA) is 44.4 Å². The average molecular weight is 311 g/mol. The molecule has 2 N–H and O–H groups in total. The Bertz CT molecular complexity index is 432. The van der Waals surface area contributed by atoms with E-state index < -0.39 is 0 Å². The fourth-order valence-corrected chi connectivity index (χ4v) is 4.40.